The molecule has 0 amide bonds. The molecule has 0 unspecified atom stereocenters. The monoisotopic (exact) mass is 305 g/mol. The lowest BCUT2D eigenvalue weighted by molar-refractivity contribution is 0.318. The molecule has 0 saturated heterocycles. The summed E-state index contributed by atoms with van der Waals surface area (Å²) in [4.78, 5) is 0. The highest BCUT2D eigenvalue weighted by Gasteiger charge is 2.05. The highest BCUT2D eigenvalue weighted by atomic mass is 35.5. The van der Waals surface area contributed by atoms with E-state index in [1.54, 1.807) is 0 Å². The van der Waals surface area contributed by atoms with Gasteiger partial charge in [-0.25, -0.2) is 8.42 Å². The fourth-order valence-corrected chi connectivity index (χ4v) is 2.44. The molecule has 1 aromatic rings. The fraction of sp³-hybridized carbons (Fsp3) is 0.538. The molecule has 0 bridgehead atoms. The van der Waals surface area contributed by atoms with Gasteiger partial charge in [-0.1, -0.05) is 24.6 Å². The Labute approximate surface area is 120 Å². The van der Waals surface area contributed by atoms with Crippen LogP contribution in [0.2, 0.25) is 5.02 Å². The Morgan fingerprint density at radius 1 is 1.37 bits per heavy atom. The van der Waals surface area contributed by atoms with E-state index in [1.165, 1.54) is 6.26 Å². The second-order valence-electron chi connectivity index (χ2n) is 4.38. The molecule has 0 aromatic heterocycles. The number of halogens is 1. The number of ether oxygens (including phenoxy) is 1. The minimum absolute atomic E-state index is 0.128. The predicted octanol–water partition coefficient (Wildman–Crippen LogP) is 2.26. The van der Waals surface area contributed by atoms with Gasteiger partial charge in [0.15, 0.2) is 0 Å². The maximum absolute atomic E-state index is 11.0. The zero-order chi connectivity index (χ0) is 14.3. The first-order valence-electron chi connectivity index (χ1n) is 6.22. The highest BCUT2D eigenvalue weighted by Crippen LogP contribution is 2.25. The molecule has 0 spiro atoms. The van der Waals surface area contributed by atoms with Crippen LogP contribution in [0.4, 0.5) is 0 Å². The van der Waals surface area contributed by atoms with E-state index in [-0.39, 0.29) is 5.75 Å². The van der Waals surface area contributed by atoms with Crippen molar-refractivity contribution >= 4 is 21.4 Å². The molecule has 0 saturated carbocycles. The van der Waals surface area contributed by atoms with Gasteiger partial charge < -0.3 is 10.1 Å². The van der Waals surface area contributed by atoms with Gasteiger partial charge in [-0.15, -0.1) is 0 Å². The summed E-state index contributed by atoms with van der Waals surface area (Å²) in [6.07, 6.45) is 1.68. The third-order valence-electron chi connectivity index (χ3n) is 2.49. The molecule has 19 heavy (non-hydrogen) atoms. The van der Waals surface area contributed by atoms with Gasteiger partial charge in [0.05, 0.1) is 17.4 Å². The van der Waals surface area contributed by atoms with E-state index in [4.69, 9.17) is 16.3 Å². The van der Waals surface area contributed by atoms with Crippen molar-refractivity contribution in [2.45, 2.75) is 19.9 Å². The lowest BCUT2D eigenvalue weighted by Crippen LogP contribution is -2.11. The quantitative estimate of drug-likeness (QED) is 0.749. The van der Waals surface area contributed by atoms with Gasteiger partial charge >= 0.3 is 0 Å². The van der Waals surface area contributed by atoms with Gasteiger partial charge in [0.25, 0.3) is 0 Å². The first kappa shape index (κ1) is 16.3. The van der Waals surface area contributed by atoms with Gasteiger partial charge in [-0.05, 0) is 30.7 Å². The third-order valence-corrected chi connectivity index (χ3v) is 3.82. The summed E-state index contributed by atoms with van der Waals surface area (Å²) in [5.74, 6) is 0.721. The number of benzene rings is 1. The number of hydrogen-bond donors (Lipinski definition) is 1. The highest BCUT2D eigenvalue weighted by molar-refractivity contribution is 7.90. The first-order chi connectivity index (χ1) is 8.92. The molecule has 1 N–H and O–H groups in total. The van der Waals surface area contributed by atoms with Crippen LogP contribution >= 0.6 is 11.6 Å². The van der Waals surface area contributed by atoms with Gasteiger partial charge in [-0.3, -0.25) is 0 Å². The molecule has 0 heterocycles. The summed E-state index contributed by atoms with van der Waals surface area (Å²) < 4.78 is 27.4. The van der Waals surface area contributed by atoms with E-state index in [2.05, 4.69) is 5.32 Å². The minimum atomic E-state index is -2.93. The Kier molecular flexibility index (Phi) is 6.62. The van der Waals surface area contributed by atoms with Crippen LogP contribution in [0.5, 0.6) is 5.75 Å². The van der Waals surface area contributed by atoms with Crippen LogP contribution in [0.25, 0.3) is 0 Å². The van der Waals surface area contributed by atoms with Crippen molar-refractivity contribution in [3.05, 3.63) is 28.8 Å². The summed E-state index contributed by atoms with van der Waals surface area (Å²) in [5, 5.41) is 3.76. The number of hydrogen-bond acceptors (Lipinski definition) is 4. The molecule has 4 nitrogen and oxygen atoms in total. The predicted molar refractivity (Wildman–Crippen MR) is 78.7 cm³/mol. The second kappa shape index (κ2) is 7.72. The van der Waals surface area contributed by atoms with Crippen LogP contribution in [0.1, 0.15) is 18.9 Å². The van der Waals surface area contributed by atoms with Crippen molar-refractivity contribution in [3.8, 4) is 5.75 Å². The Bertz CT molecular complexity index is 503. The fourth-order valence-electron chi connectivity index (χ4n) is 1.54. The standard InChI is InChI=1S/C13H20ClNO3S/c1-3-15-10-11-5-6-13(12(14)9-11)18-7-4-8-19(2,16)17/h5-6,9,15H,3-4,7-8,10H2,1-2H3. The summed E-state index contributed by atoms with van der Waals surface area (Å²) in [6.45, 7) is 4.06. The Morgan fingerprint density at radius 2 is 2.11 bits per heavy atom. The Balaban J connectivity index is 2.46. The summed E-state index contributed by atoms with van der Waals surface area (Å²) in [5.41, 5.74) is 1.09. The largest absolute Gasteiger partial charge is 0.492 e. The molecule has 0 aliphatic rings. The van der Waals surface area contributed by atoms with Crippen molar-refractivity contribution in [2.75, 3.05) is 25.2 Å². The van der Waals surface area contributed by atoms with Crippen molar-refractivity contribution in [2.24, 2.45) is 0 Å². The average molecular weight is 306 g/mol. The molecule has 108 valence electrons. The SMILES string of the molecule is CCNCc1ccc(OCCCS(C)(=O)=O)c(Cl)c1. The summed E-state index contributed by atoms with van der Waals surface area (Å²) in [7, 11) is -2.93. The maximum Gasteiger partial charge on any atom is 0.147 e. The van der Waals surface area contributed by atoms with Gasteiger partial charge in [0.2, 0.25) is 0 Å². The van der Waals surface area contributed by atoms with Crippen molar-refractivity contribution in [1.29, 1.82) is 0 Å². The zero-order valence-corrected chi connectivity index (χ0v) is 12.9. The normalized spacial score (nSPS) is 11.5. The van der Waals surface area contributed by atoms with Crippen LogP contribution in [0.3, 0.4) is 0 Å². The molecule has 1 rings (SSSR count). The van der Waals surface area contributed by atoms with Crippen molar-refractivity contribution < 1.29 is 13.2 Å². The van der Waals surface area contributed by atoms with Gasteiger partial charge in [0.1, 0.15) is 15.6 Å². The van der Waals surface area contributed by atoms with Crippen LogP contribution < -0.4 is 10.1 Å². The van der Waals surface area contributed by atoms with Crippen LogP contribution in [-0.4, -0.2) is 33.6 Å². The van der Waals surface area contributed by atoms with E-state index < -0.39 is 9.84 Å². The maximum atomic E-state index is 11.0. The lowest BCUT2D eigenvalue weighted by Gasteiger charge is -2.09. The average Bonchev–Trinajstić information content (AvgIpc) is 2.32. The second-order valence-corrected chi connectivity index (χ2v) is 7.04. The van der Waals surface area contributed by atoms with E-state index >= 15 is 0 Å². The van der Waals surface area contributed by atoms with Gasteiger partial charge in [0, 0.05) is 12.8 Å². The topological polar surface area (TPSA) is 55.4 Å². The van der Waals surface area contributed by atoms with E-state index in [0.717, 1.165) is 18.7 Å². The van der Waals surface area contributed by atoms with Crippen LogP contribution in [0, 0.1) is 0 Å². The molecule has 0 atom stereocenters. The third kappa shape index (κ3) is 6.80. The number of rotatable bonds is 8. The molecule has 0 radical (unpaired) electrons. The smallest absolute Gasteiger partial charge is 0.147 e. The summed E-state index contributed by atoms with van der Waals surface area (Å²) >= 11 is 6.11. The van der Waals surface area contributed by atoms with E-state index in [0.29, 0.717) is 23.8 Å². The molecular weight excluding hydrogens is 286 g/mol. The molecule has 0 aliphatic heterocycles. The van der Waals surface area contributed by atoms with E-state index in [9.17, 15) is 8.42 Å². The lowest BCUT2D eigenvalue weighted by atomic mass is 10.2. The Hall–Kier alpha value is -0.780. The number of sulfone groups is 1. The van der Waals surface area contributed by atoms with Gasteiger partial charge in [-0.2, -0.15) is 0 Å². The molecular formula is C13H20ClNO3S. The van der Waals surface area contributed by atoms with Crippen molar-refractivity contribution in [1.82, 2.24) is 5.32 Å². The molecule has 0 aliphatic carbocycles. The van der Waals surface area contributed by atoms with E-state index in [1.807, 2.05) is 25.1 Å². The zero-order valence-electron chi connectivity index (χ0n) is 11.3. The molecule has 0 fully saturated rings. The Morgan fingerprint density at radius 3 is 2.68 bits per heavy atom. The minimum Gasteiger partial charge on any atom is -0.492 e. The first-order valence-corrected chi connectivity index (χ1v) is 8.66. The van der Waals surface area contributed by atoms with Crippen molar-refractivity contribution in [3.63, 3.8) is 0 Å². The molecule has 1 aromatic carbocycles. The van der Waals surface area contributed by atoms with Crippen LogP contribution in [-0.2, 0) is 16.4 Å². The number of nitrogens with one attached hydrogen (secondary N) is 1. The summed E-state index contributed by atoms with van der Waals surface area (Å²) in [6, 6.07) is 5.62. The van der Waals surface area contributed by atoms with Crippen LogP contribution in [0.15, 0.2) is 18.2 Å². The molecule has 6 heteroatoms.